The molecular weight excluding hydrogens is 478 g/mol. The summed E-state index contributed by atoms with van der Waals surface area (Å²) in [6.45, 7) is 3.28. The lowest BCUT2D eigenvalue weighted by molar-refractivity contribution is -0.697. The molecule has 0 saturated carbocycles. The number of para-hydroxylation sites is 1. The molecule has 0 aliphatic rings. The molecule has 1 aromatic heterocycles. The zero-order valence-corrected chi connectivity index (χ0v) is 17.5. The Bertz CT molecular complexity index is 993. The topological polar surface area (TPSA) is 104 Å². The van der Waals surface area contributed by atoms with Crippen molar-refractivity contribution in [3.63, 3.8) is 0 Å². The van der Waals surface area contributed by atoms with Crippen molar-refractivity contribution in [2.45, 2.75) is 43.7 Å². The molecule has 2 rings (SSSR count). The first-order chi connectivity index (χ1) is 14.1. The predicted molar refractivity (Wildman–Crippen MR) is 96.6 cm³/mol. The molecule has 31 heavy (non-hydrogen) atoms. The standard InChI is InChI=1S/C13H18N3.C2F6NO4S2/c1-2-3-7-10-15-11-14-16(12-15)13-8-5-4-6-9-13;3-1(4,5)14(10,11)9-15(12,13)2(6,7)8/h4-6,8-9,11-12H,2-3,7,10H2,1H3;/q+1;-1. The van der Waals surface area contributed by atoms with Gasteiger partial charge in [0.2, 0.25) is 6.33 Å². The lowest BCUT2D eigenvalue weighted by Gasteiger charge is -2.22. The van der Waals surface area contributed by atoms with E-state index < -0.39 is 31.1 Å². The average molecular weight is 496 g/mol. The summed E-state index contributed by atoms with van der Waals surface area (Å²) in [4.78, 5) is 0. The Hall–Kier alpha value is -2.20. The first-order valence-corrected chi connectivity index (χ1v) is 11.3. The number of hydrogen-bond acceptors (Lipinski definition) is 5. The Labute approximate surface area is 174 Å². The lowest BCUT2D eigenvalue weighted by atomic mass is 10.2. The number of benzene rings is 1. The predicted octanol–water partition coefficient (Wildman–Crippen LogP) is 3.41. The summed E-state index contributed by atoms with van der Waals surface area (Å²) in [6, 6.07) is 10.2. The Kier molecular flexibility index (Phi) is 9.01. The van der Waals surface area contributed by atoms with Crippen molar-refractivity contribution in [2.75, 3.05) is 0 Å². The highest BCUT2D eigenvalue weighted by molar-refractivity contribution is 8.13. The van der Waals surface area contributed by atoms with E-state index in [-0.39, 0.29) is 0 Å². The molecule has 1 aromatic carbocycles. The summed E-state index contributed by atoms with van der Waals surface area (Å²) in [7, 11) is -13.4. The summed E-state index contributed by atoms with van der Waals surface area (Å²) >= 11 is 0. The quantitative estimate of drug-likeness (QED) is 0.332. The summed E-state index contributed by atoms with van der Waals surface area (Å²) in [5, 5.41) is 4.34. The number of hydrogen-bond donors (Lipinski definition) is 0. The van der Waals surface area contributed by atoms with Crippen molar-refractivity contribution in [1.82, 2.24) is 9.78 Å². The van der Waals surface area contributed by atoms with Crippen LogP contribution in [0, 0.1) is 0 Å². The van der Waals surface area contributed by atoms with Crippen molar-refractivity contribution in [3.05, 3.63) is 47.1 Å². The number of nitrogens with zero attached hydrogens (tertiary/aromatic N) is 4. The fourth-order valence-electron chi connectivity index (χ4n) is 1.91. The number of unbranched alkanes of at least 4 members (excludes halogenated alkanes) is 2. The van der Waals surface area contributed by atoms with Gasteiger partial charge in [-0.25, -0.2) is 21.4 Å². The zero-order valence-electron chi connectivity index (χ0n) is 15.9. The summed E-state index contributed by atoms with van der Waals surface area (Å²) in [5.74, 6) is 0. The number of halogens is 6. The van der Waals surface area contributed by atoms with E-state index in [9.17, 15) is 43.2 Å². The third-order valence-electron chi connectivity index (χ3n) is 3.40. The summed E-state index contributed by atoms with van der Waals surface area (Å²) in [5.41, 5.74) is -11.3. The summed E-state index contributed by atoms with van der Waals surface area (Å²) < 4.78 is 113. The van der Waals surface area contributed by atoms with Gasteiger partial charge in [-0.1, -0.05) is 42.6 Å². The van der Waals surface area contributed by atoms with Gasteiger partial charge >= 0.3 is 11.0 Å². The maximum absolute atomic E-state index is 11.4. The van der Waals surface area contributed by atoms with Gasteiger partial charge in [0, 0.05) is 5.10 Å². The van der Waals surface area contributed by atoms with Crippen LogP contribution >= 0.6 is 0 Å². The van der Waals surface area contributed by atoms with Crippen molar-refractivity contribution >= 4 is 20.0 Å². The van der Waals surface area contributed by atoms with E-state index in [2.05, 4.69) is 28.7 Å². The molecule has 16 heteroatoms. The molecule has 176 valence electrons. The van der Waals surface area contributed by atoms with Crippen LogP contribution in [0.2, 0.25) is 0 Å². The van der Waals surface area contributed by atoms with E-state index in [1.165, 1.54) is 19.3 Å². The molecule has 0 spiro atoms. The second-order valence-electron chi connectivity index (χ2n) is 5.89. The van der Waals surface area contributed by atoms with Crippen LogP contribution in [0.5, 0.6) is 0 Å². The minimum absolute atomic E-state index is 0.778. The van der Waals surface area contributed by atoms with E-state index in [1.807, 2.05) is 35.5 Å². The van der Waals surface area contributed by atoms with E-state index in [0.717, 1.165) is 16.4 Å². The molecule has 0 radical (unpaired) electrons. The van der Waals surface area contributed by atoms with Gasteiger partial charge < -0.3 is 4.13 Å². The van der Waals surface area contributed by atoms with Gasteiger partial charge in [0.25, 0.3) is 6.33 Å². The second-order valence-corrected chi connectivity index (χ2v) is 9.31. The third-order valence-corrected chi connectivity index (χ3v) is 6.14. The van der Waals surface area contributed by atoms with Crippen LogP contribution in [0.25, 0.3) is 9.81 Å². The van der Waals surface area contributed by atoms with Crippen LogP contribution in [0.3, 0.4) is 0 Å². The van der Waals surface area contributed by atoms with Crippen LogP contribution in [0.1, 0.15) is 26.2 Å². The molecule has 0 aliphatic carbocycles. The molecule has 0 bridgehead atoms. The first kappa shape index (κ1) is 26.8. The SMILES string of the molecule is CCCCC[n+]1cnn(-c2ccccc2)c1.O=S(=O)([N-]S(=O)(=O)C(F)(F)F)C(F)(F)F. The molecule has 0 aliphatic heterocycles. The van der Waals surface area contributed by atoms with E-state index in [4.69, 9.17) is 0 Å². The van der Waals surface area contributed by atoms with Gasteiger partial charge in [-0.15, -0.1) is 0 Å². The molecule has 0 saturated heterocycles. The molecule has 1 heterocycles. The van der Waals surface area contributed by atoms with Gasteiger partial charge in [-0.2, -0.15) is 26.3 Å². The molecule has 0 N–H and O–H groups in total. The van der Waals surface area contributed by atoms with Crippen LogP contribution in [-0.2, 0) is 26.6 Å². The van der Waals surface area contributed by atoms with E-state index in [0.29, 0.717) is 0 Å². The van der Waals surface area contributed by atoms with Crippen LogP contribution in [0.4, 0.5) is 26.3 Å². The molecule has 2 aromatic rings. The summed E-state index contributed by atoms with van der Waals surface area (Å²) in [6.07, 6.45) is 7.70. The largest absolute Gasteiger partial charge is 0.480 e. The monoisotopic (exact) mass is 496 g/mol. The first-order valence-electron chi connectivity index (χ1n) is 8.46. The lowest BCUT2D eigenvalue weighted by Crippen LogP contribution is -2.30. The van der Waals surface area contributed by atoms with Crippen LogP contribution in [-0.4, -0.2) is 37.6 Å². The Morgan fingerprint density at radius 1 is 0.935 bits per heavy atom. The van der Waals surface area contributed by atoms with Gasteiger partial charge in [-0.05, 0) is 18.6 Å². The maximum atomic E-state index is 11.4. The van der Waals surface area contributed by atoms with Gasteiger partial charge in [0.1, 0.15) is 5.69 Å². The Morgan fingerprint density at radius 3 is 1.90 bits per heavy atom. The molecule has 0 unspecified atom stereocenters. The second kappa shape index (κ2) is 10.4. The molecular formula is C15H18F6N4O4S2. The fraction of sp³-hybridized carbons (Fsp3) is 0.467. The molecule has 0 amide bonds. The van der Waals surface area contributed by atoms with Gasteiger partial charge in [0.05, 0.1) is 6.54 Å². The zero-order chi connectivity index (χ0) is 23.9. The molecule has 8 nitrogen and oxygen atoms in total. The average Bonchev–Trinajstić information content (AvgIpc) is 3.09. The number of aryl methyl sites for hydroxylation is 1. The van der Waals surface area contributed by atoms with Crippen molar-refractivity contribution in [3.8, 4) is 5.69 Å². The van der Waals surface area contributed by atoms with Crippen molar-refractivity contribution < 1.29 is 47.7 Å². The Balaban J connectivity index is 0.000000311. The highest BCUT2D eigenvalue weighted by Crippen LogP contribution is 2.36. The van der Waals surface area contributed by atoms with Crippen LogP contribution in [0.15, 0.2) is 43.0 Å². The number of alkyl halides is 6. The van der Waals surface area contributed by atoms with Gasteiger partial charge in [0.15, 0.2) is 20.0 Å². The fourth-order valence-corrected chi connectivity index (χ4v) is 3.62. The highest BCUT2D eigenvalue weighted by Gasteiger charge is 2.46. The van der Waals surface area contributed by atoms with Crippen molar-refractivity contribution in [2.24, 2.45) is 0 Å². The number of rotatable bonds is 7. The molecule has 0 fully saturated rings. The van der Waals surface area contributed by atoms with Gasteiger partial charge in [-0.3, -0.25) is 0 Å². The minimum atomic E-state index is -6.72. The third kappa shape index (κ3) is 8.10. The van der Waals surface area contributed by atoms with Crippen LogP contribution < -0.4 is 4.57 Å². The van der Waals surface area contributed by atoms with E-state index in [1.54, 1.807) is 0 Å². The number of aromatic nitrogens is 3. The normalized spacial score (nSPS) is 12.9. The Morgan fingerprint density at radius 2 is 1.45 bits per heavy atom. The van der Waals surface area contributed by atoms with E-state index >= 15 is 0 Å². The maximum Gasteiger partial charge on any atom is 0.480 e. The number of sulfonamides is 2. The minimum Gasteiger partial charge on any atom is -0.421 e. The van der Waals surface area contributed by atoms with Crippen molar-refractivity contribution in [1.29, 1.82) is 0 Å². The smallest absolute Gasteiger partial charge is 0.421 e. The highest BCUT2D eigenvalue weighted by atomic mass is 32.3. The molecule has 0 atom stereocenters.